The van der Waals surface area contributed by atoms with Crippen molar-refractivity contribution in [1.82, 2.24) is 9.97 Å². The number of rotatable bonds is 0. The number of nitrogens with two attached hydrogens (primary N) is 2. The van der Waals surface area contributed by atoms with Gasteiger partial charge in [-0.1, -0.05) is 36.4 Å². The van der Waals surface area contributed by atoms with Gasteiger partial charge in [0.1, 0.15) is 0 Å². The number of halogens is 2. The molecule has 0 radical (unpaired) electrons. The highest BCUT2D eigenvalue weighted by Gasteiger charge is 1.95. The lowest BCUT2D eigenvalue weighted by atomic mass is 10.2. The first kappa shape index (κ1) is 26.0. The summed E-state index contributed by atoms with van der Waals surface area (Å²) in [5.41, 5.74) is 14.9. The van der Waals surface area contributed by atoms with E-state index in [1.807, 2.05) is 60.7 Å². The van der Waals surface area contributed by atoms with Crippen molar-refractivity contribution in [2.75, 3.05) is 11.5 Å². The van der Waals surface area contributed by atoms with Gasteiger partial charge in [-0.3, -0.25) is 9.97 Å². The summed E-state index contributed by atoms with van der Waals surface area (Å²) in [5.74, 6) is 0. The van der Waals surface area contributed by atoms with E-state index in [-0.39, 0.29) is 44.9 Å². The molecule has 2 aromatic carbocycles. The smallest absolute Gasteiger partial charge is 0.0722 e. The SMILES string of the molecule is Br.Br.Nc1ccnc2ccccc12.Nc1ccnc2ccccc12.O.O. The minimum atomic E-state index is 0. The van der Waals surface area contributed by atoms with Crippen LogP contribution in [-0.4, -0.2) is 20.9 Å². The van der Waals surface area contributed by atoms with Gasteiger partial charge in [0.05, 0.1) is 11.0 Å². The predicted molar refractivity (Wildman–Crippen MR) is 120 cm³/mol. The third-order valence-corrected chi connectivity index (χ3v) is 3.37. The zero-order valence-corrected chi connectivity index (χ0v) is 17.2. The lowest BCUT2D eigenvalue weighted by molar-refractivity contribution is 0.823. The van der Waals surface area contributed by atoms with E-state index in [0.717, 1.165) is 33.2 Å². The number of fused-ring (bicyclic) bond motifs is 2. The number of aromatic nitrogens is 2. The molecule has 0 spiro atoms. The summed E-state index contributed by atoms with van der Waals surface area (Å²) < 4.78 is 0. The topological polar surface area (TPSA) is 141 Å². The summed E-state index contributed by atoms with van der Waals surface area (Å²) >= 11 is 0. The summed E-state index contributed by atoms with van der Waals surface area (Å²) in [7, 11) is 0. The number of para-hydroxylation sites is 2. The molecule has 0 aliphatic heterocycles. The van der Waals surface area contributed by atoms with Crippen LogP contribution in [-0.2, 0) is 0 Å². The highest BCUT2D eigenvalue weighted by Crippen LogP contribution is 2.17. The molecular weight excluding hydrogens is 464 g/mol. The lowest BCUT2D eigenvalue weighted by Gasteiger charge is -1.97. The maximum absolute atomic E-state index is 5.72. The van der Waals surface area contributed by atoms with Gasteiger partial charge < -0.3 is 22.4 Å². The molecule has 2 aromatic heterocycles. The standard InChI is InChI=1S/2C9H8N2.2BrH.2H2O/c2*10-8-5-6-11-9-4-2-1-3-7(8)9;;;;/h2*1-6H,(H2,10,11);2*1H;2*1H2. The van der Waals surface area contributed by atoms with Gasteiger partial charge in [-0.15, -0.1) is 34.0 Å². The fraction of sp³-hybridized carbons (Fsp3) is 0. The second-order valence-electron chi connectivity index (χ2n) is 4.83. The van der Waals surface area contributed by atoms with Crippen molar-refractivity contribution in [3.63, 3.8) is 0 Å². The van der Waals surface area contributed by atoms with E-state index in [2.05, 4.69) is 9.97 Å². The van der Waals surface area contributed by atoms with E-state index in [9.17, 15) is 0 Å². The molecule has 0 unspecified atom stereocenters. The van der Waals surface area contributed by atoms with Gasteiger partial charge in [0, 0.05) is 34.5 Å². The highest BCUT2D eigenvalue weighted by molar-refractivity contribution is 8.93. The second-order valence-corrected chi connectivity index (χ2v) is 4.83. The average Bonchev–Trinajstić information content (AvgIpc) is 2.57. The largest absolute Gasteiger partial charge is 0.412 e. The third-order valence-electron chi connectivity index (χ3n) is 3.37. The zero-order valence-electron chi connectivity index (χ0n) is 13.8. The molecule has 2 heterocycles. The van der Waals surface area contributed by atoms with Crippen LogP contribution in [0.15, 0.2) is 73.1 Å². The van der Waals surface area contributed by atoms with Crippen LogP contribution in [0.3, 0.4) is 0 Å². The maximum Gasteiger partial charge on any atom is 0.0722 e. The number of hydrogen-bond donors (Lipinski definition) is 2. The van der Waals surface area contributed by atoms with Crippen LogP contribution in [0.4, 0.5) is 11.4 Å². The highest BCUT2D eigenvalue weighted by atomic mass is 79.9. The first-order valence-electron chi connectivity index (χ1n) is 6.94. The normalized spacial score (nSPS) is 8.62. The van der Waals surface area contributed by atoms with Crippen molar-refractivity contribution >= 4 is 67.1 Å². The molecule has 0 aliphatic rings. The van der Waals surface area contributed by atoms with Crippen molar-refractivity contribution in [3.05, 3.63) is 73.1 Å². The summed E-state index contributed by atoms with van der Waals surface area (Å²) in [6, 6.07) is 19.3. The van der Waals surface area contributed by atoms with Gasteiger partial charge in [-0.05, 0) is 24.3 Å². The van der Waals surface area contributed by atoms with E-state index in [4.69, 9.17) is 11.5 Å². The van der Waals surface area contributed by atoms with Gasteiger partial charge in [-0.2, -0.15) is 0 Å². The molecule has 4 aromatic rings. The second kappa shape index (κ2) is 12.2. The summed E-state index contributed by atoms with van der Waals surface area (Å²) in [6.07, 6.45) is 3.44. The van der Waals surface area contributed by atoms with Crippen LogP contribution in [0.1, 0.15) is 0 Å². The summed E-state index contributed by atoms with van der Waals surface area (Å²) in [4.78, 5) is 8.32. The molecule has 6 nitrogen and oxygen atoms in total. The van der Waals surface area contributed by atoms with Gasteiger partial charge in [0.2, 0.25) is 0 Å². The fourth-order valence-corrected chi connectivity index (χ4v) is 2.24. The van der Waals surface area contributed by atoms with Crippen LogP contribution in [0.2, 0.25) is 0 Å². The summed E-state index contributed by atoms with van der Waals surface area (Å²) in [6.45, 7) is 0. The van der Waals surface area contributed by atoms with Crippen LogP contribution in [0, 0.1) is 0 Å². The molecule has 26 heavy (non-hydrogen) atoms. The molecule has 0 atom stereocenters. The minimum absolute atomic E-state index is 0. The number of anilines is 2. The Kier molecular flexibility index (Phi) is 12.1. The number of hydrogen-bond acceptors (Lipinski definition) is 4. The Morgan fingerprint density at radius 3 is 1.23 bits per heavy atom. The van der Waals surface area contributed by atoms with Crippen molar-refractivity contribution in [2.24, 2.45) is 0 Å². The van der Waals surface area contributed by atoms with E-state index in [1.165, 1.54) is 0 Å². The maximum atomic E-state index is 5.72. The van der Waals surface area contributed by atoms with E-state index < -0.39 is 0 Å². The molecule has 0 amide bonds. The average molecular weight is 486 g/mol. The van der Waals surface area contributed by atoms with Gasteiger partial charge in [0.25, 0.3) is 0 Å². The molecule has 0 fully saturated rings. The minimum Gasteiger partial charge on any atom is -0.412 e. The lowest BCUT2D eigenvalue weighted by Crippen LogP contribution is -1.87. The van der Waals surface area contributed by atoms with Crippen LogP contribution in [0.25, 0.3) is 21.8 Å². The predicted octanol–water partition coefficient (Wildman–Crippen LogP) is 3.14. The Balaban J connectivity index is 0. The fourth-order valence-electron chi connectivity index (χ4n) is 2.24. The first-order chi connectivity index (χ1) is 10.8. The van der Waals surface area contributed by atoms with Gasteiger partial charge >= 0.3 is 0 Å². The molecule has 0 aliphatic carbocycles. The molecule has 0 saturated heterocycles. The van der Waals surface area contributed by atoms with Gasteiger partial charge in [-0.25, -0.2) is 0 Å². The molecule has 8 N–H and O–H groups in total. The van der Waals surface area contributed by atoms with E-state index >= 15 is 0 Å². The Labute approximate surface area is 172 Å². The Hall–Kier alpha value is -2.26. The van der Waals surface area contributed by atoms with Crippen LogP contribution < -0.4 is 11.5 Å². The Morgan fingerprint density at radius 1 is 0.538 bits per heavy atom. The Bertz CT molecular complexity index is 851. The molecule has 8 heteroatoms. The third kappa shape index (κ3) is 5.92. The number of benzene rings is 2. The number of nitrogen functional groups attached to an aromatic ring is 2. The van der Waals surface area contributed by atoms with Crippen LogP contribution in [0.5, 0.6) is 0 Å². The quantitative estimate of drug-likeness (QED) is 0.394. The molecule has 0 bridgehead atoms. The summed E-state index contributed by atoms with van der Waals surface area (Å²) in [5, 5.41) is 2.05. The molecular formula is C18H22Br2N4O2. The monoisotopic (exact) mass is 484 g/mol. The van der Waals surface area contributed by atoms with E-state index in [1.54, 1.807) is 12.4 Å². The van der Waals surface area contributed by atoms with Crippen molar-refractivity contribution in [1.29, 1.82) is 0 Å². The first-order valence-corrected chi connectivity index (χ1v) is 6.94. The van der Waals surface area contributed by atoms with E-state index in [0.29, 0.717) is 0 Å². The van der Waals surface area contributed by atoms with Crippen molar-refractivity contribution in [2.45, 2.75) is 0 Å². The van der Waals surface area contributed by atoms with Crippen LogP contribution >= 0.6 is 34.0 Å². The number of nitrogens with zero attached hydrogens (tertiary/aromatic N) is 2. The van der Waals surface area contributed by atoms with Gasteiger partial charge in [0.15, 0.2) is 0 Å². The molecule has 0 saturated carbocycles. The van der Waals surface area contributed by atoms with Crippen molar-refractivity contribution in [3.8, 4) is 0 Å². The Morgan fingerprint density at radius 2 is 0.885 bits per heavy atom. The molecule has 140 valence electrons. The zero-order chi connectivity index (χ0) is 15.4. The molecule has 4 rings (SSSR count). The number of pyridine rings is 2. The van der Waals surface area contributed by atoms with Crippen molar-refractivity contribution < 1.29 is 11.0 Å².